The molecule has 10 nitrogen and oxygen atoms in total. The van der Waals surface area contributed by atoms with Crippen LogP contribution >= 0.6 is 11.7 Å². The summed E-state index contributed by atoms with van der Waals surface area (Å²) in [6.07, 6.45) is 0.124. The van der Waals surface area contributed by atoms with Crippen LogP contribution in [0.25, 0.3) is 11.0 Å². The number of hydrogen-bond acceptors (Lipinski definition) is 8. The minimum atomic E-state index is -3.66. The SMILES string of the molecule is NC(=O)NC(=O)CCN1CCN(S(=O)(=O)c2cccc3nsnc23)CC1. The van der Waals surface area contributed by atoms with Crippen molar-refractivity contribution in [3.05, 3.63) is 18.2 Å². The van der Waals surface area contributed by atoms with Crippen molar-refractivity contribution in [2.45, 2.75) is 11.3 Å². The number of nitrogens with zero attached hydrogens (tertiary/aromatic N) is 4. The highest BCUT2D eigenvalue weighted by atomic mass is 32.2. The zero-order valence-corrected chi connectivity index (χ0v) is 15.4. The van der Waals surface area contributed by atoms with Gasteiger partial charge in [0.2, 0.25) is 15.9 Å². The molecule has 3 rings (SSSR count). The number of benzene rings is 1. The van der Waals surface area contributed by atoms with Gasteiger partial charge in [0.25, 0.3) is 0 Å². The van der Waals surface area contributed by atoms with Gasteiger partial charge >= 0.3 is 6.03 Å². The second-order valence-electron chi connectivity index (χ2n) is 5.80. The first-order valence-corrected chi connectivity index (χ1v) is 10.1. The Morgan fingerprint density at radius 3 is 2.62 bits per heavy atom. The Bertz CT molecular complexity index is 920. The Morgan fingerprint density at radius 2 is 1.92 bits per heavy atom. The summed E-state index contributed by atoms with van der Waals surface area (Å²) in [4.78, 5) is 24.2. The summed E-state index contributed by atoms with van der Waals surface area (Å²) in [6.45, 7) is 2.04. The lowest BCUT2D eigenvalue weighted by Gasteiger charge is -2.33. The van der Waals surface area contributed by atoms with E-state index in [1.807, 2.05) is 10.2 Å². The fourth-order valence-electron chi connectivity index (χ4n) is 2.78. The van der Waals surface area contributed by atoms with Gasteiger partial charge in [0.15, 0.2) is 0 Å². The second-order valence-corrected chi connectivity index (χ2v) is 8.23. The molecule has 12 heteroatoms. The van der Waals surface area contributed by atoms with Gasteiger partial charge in [0.1, 0.15) is 15.9 Å². The first-order valence-electron chi connectivity index (χ1n) is 7.91. The van der Waals surface area contributed by atoms with E-state index < -0.39 is 22.0 Å². The van der Waals surface area contributed by atoms with E-state index in [1.165, 1.54) is 4.31 Å². The number of hydrogen-bond donors (Lipinski definition) is 2. The van der Waals surface area contributed by atoms with Gasteiger partial charge in [-0.2, -0.15) is 13.1 Å². The number of imide groups is 1. The standard InChI is InChI=1S/C14H18N6O4S2/c15-14(22)16-12(21)4-5-19-6-8-20(9-7-19)26(23,24)11-3-1-2-10-13(11)18-25-17-10/h1-3H,4-9H2,(H3,15,16,21,22). The minimum Gasteiger partial charge on any atom is -0.351 e. The monoisotopic (exact) mass is 398 g/mol. The summed E-state index contributed by atoms with van der Waals surface area (Å²) < 4.78 is 35.4. The van der Waals surface area contributed by atoms with Crippen LogP contribution in [0.15, 0.2) is 23.1 Å². The number of rotatable bonds is 5. The summed E-state index contributed by atoms with van der Waals surface area (Å²) in [5, 5.41) is 2.01. The third-order valence-corrected chi connectivity index (χ3v) is 6.59. The van der Waals surface area contributed by atoms with Crippen LogP contribution in [0, 0.1) is 0 Å². The molecule has 2 aromatic rings. The first kappa shape index (κ1) is 18.6. The molecule has 3 N–H and O–H groups in total. The van der Waals surface area contributed by atoms with Gasteiger partial charge < -0.3 is 10.6 Å². The Labute approximate surface area is 154 Å². The van der Waals surface area contributed by atoms with Gasteiger partial charge in [-0.25, -0.2) is 13.2 Å². The minimum absolute atomic E-state index is 0.124. The molecule has 2 heterocycles. The van der Waals surface area contributed by atoms with Crippen molar-refractivity contribution >= 4 is 44.7 Å². The maximum atomic E-state index is 12.9. The highest BCUT2D eigenvalue weighted by molar-refractivity contribution is 7.89. The smallest absolute Gasteiger partial charge is 0.318 e. The van der Waals surface area contributed by atoms with Gasteiger partial charge in [-0.15, -0.1) is 0 Å². The number of sulfonamides is 1. The maximum absolute atomic E-state index is 12.9. The van der Waals surface area contributed by atoms with Crippen LogP contribution < -0.4 is 11.1 Å². The van der Waals surface area contributed by atoms with Crippen molar-refractivity contribution in [2.75, 3.05) is 32.7 Å². The third kappa shape index (κ3) is 3.98. The van der Waals surface area contributed by atoms with Crippen LogP contribution in [0.4, 0.5) is 4.79 Å². The molecule has 26 heavy (non-hydrogen) atoms. The molecular formula is C14H18N6O4S2. The summed E-state index contributed by atoms with van der Waals surface area (Å²) in [6, 6.07) is 4.05. The summed E-state index contributed by atoms with van der Waals surface area (Å²) in [7, 11) is -3.66. The van der Waals surface area contributed by atoms with Gasteiger partial charge in [0, 0.05) is 39.1 Å². The lowest BCUT2D eigenvalue weighted by Crippen LogP contribution is -2.49. The lowest BCUT2D eigenvalue weighted by atomic mass is 10.3. The second kappa shape index (κ2) is 7.61. The van der Waals surface area contributed by atoms with Crippen LogP contribution in [0.3, 0.4) is 0 Å². The van der Waals surface area contributed by atoms with Gasteiger partial charge in [-0.1, -0.05) is 6.07 Å². The molecule has 1 aromatic carbocycles. The largest absolute Gasteiger partial charge is 0.351 e. The summed E-state index contributed by atoms with van der Waals surface area (Å²) in [5.41, 5.74) is 5.85. The highest BCUT2D eigenvalue weighted by Crippen LogP contribution is 2.25. The average molecular weight is 398 g/mol. The van der Waals surface area contributed by atoms with E-state index in [0.29, 0.717) is 43.8 Å². The number of nitrogens with two attached hydrogens (primary N) is 1. The lowest BCUT2D eigenvalue weighted by molar-refractivity contribution is -0.120. The van der Waals surface area contributed by atoms with Gasteiger partial charge in [0.05, 0.1) is 11.7 Å². The number of urea groups is 1. The molecule has 0 unspecified atom stereocenters. The maximum Gasteiger partial charge on any atom is 0.318 e. The molecule has 0 aliphatic carbocycles. The molecule has 0 bridgehead atoms. The van der Waals surface area contributed by atoms with Crippen molar-refractivity contribution in [3.63, 3.8) is 0 Å². The molecule has 0 atom stereocenters. The van der Waals surface area contributed by atoms with E-state index in [9.17, 15) is 18.0 Å². The number of fused-ring (bicyclic) bond motifs is 1. The van der Waals surface area contributed by atoms with E-state index in [4.69, 9.17) is 5.73 Å². The fraction of sp³-hybridized carbons (Fsp3) is 0.429. The summed E-state index contributed by atoms with van der Waals surface area (Å²) >= 11 is 0.982. The number of carbonyl (C=O) groups excluding carboxylic acids is 2. The van der Waals surface area contributed by atoms with Crippen LogP contribution in [-0.4, -0.2) is 71.0 Å². The van der Waals surface area contributed by atoms with E-state index in [0.717, 1.165) is 11.7 Å². The average Bonchev–Trinajstić information content (AvgIpc) is 3.08. The molecule has 0 spiro atoms. The zero-order chi connectivity index (χ0) is 18.7. The molecule has 1 aromatic heterocycles. The number of primary amides is 1. The molecule has 1 aliphatic rings. The number of amides is 3. The molecule has 1 fully saturated rings. The molecule has 0 radical (unpaired) electrons. The van der Waals surface area contributed by atoms with Crippen LogP contribution in [-0.2, 0) is 14.8 Å². The Kier molecular flexibility index (Phi) is 5.46. The van der Waals surface area contributed by atoms with Crippen molar-refractivity contribution in [2.24, 2.45) is 5.73 Å². The van der Waals surface area contributed by atoms with Crippen LogP contribution in [0.2, 0.25) is 0 Å². The number of nitrogens with one attached hydrogen (secondary N) is 1. The Hall–Kier alpha value is -2.15. The molecule has 1 aliphatic heterocycles. The van der Waals surface area contributed by atoms with Crippen molar-refractivity contribution in [3.8, 4) is 0 Å². The molecule has 1 saturated heterocycles. The van der Waals surface area contributed by atoms with Gasteiger partial charge in [-0.3, -0.25) is 10.1 Å². The first-order chi connectivity index (χ1) is 12.4. The van der Waals surface area contributed by atoms with Crippen LogP contribution in [0.1, 0.15) is 6.42 Å². The van der Waals surface area contributed by atoms with E-state index >= 15 is 0 Å². The predicted molar refractivity (Wildman–Crippen MR) is 95.0 cm³/mol. The van der Waals surface area contributed by atoms with Crippen molar-refractivity contribution in [1.82, 2.24) is 23.3 Å². The molecule has 0 saturated carbocycles. The third-order valence-electron chi connectivity index (χ3n) is 4.12. The van der Waals surface area contributed by atoms with Crippen molar-refractivity contribution < 1.29 is 18.0 Å². The topological polar surface area (TPSA) is 139 Å². The van der Waals surface area contributed by atoms with E-state index in [-0.39, 0.29) is 11.3 Å². The Balaban J connectivity index is 1.61. The molecular weight excluding hydrogens is 380 g/mol. The highest BCUT2D eigenvalue weighted by Gasteiger charge is 2.30. The number of carbonyl (C=O) groups is 2. The normalized spacial score (nSPS) is 16.6. The number of piperazine rings is 1. The van der Waals surface area contributed by atoms with Gasteiger partial charge in [-0.05, 0) is 12.1 Å². The number of aromatic nitrogens is 2. The predicted octanol–water partition coefficient (Wildman–Crippen LogP) is -0.417. The van der Waals surface area contributed by atoms with Crippen LogP contribution in [0.5, 0.6) is 0 Å². The zero-order valence-electron chi connectivity index (χ0n) is 13.8. The molecule has 140 valence electrons. The van der Waals surface area contributed by atoms with E-state index in [1.54, 1.807) is 18.2 Å². The quantitative estimate of drug-likeness (QED) is 0.697. The van der Waals surface area contributed by atoms with Crippen molar-refractivity contribution in [1.29, 1.82) is 0 Å². The Morgan fingerprint density at radius 1 is 1.19 bits per heavy atom. The van der Waals surface area contributed by atoms with E-state index in [2.05, 4.69) is 8.75 Å². The molecule has 3 amide bonds. The fourth-order valence-corrected chi connectivity index (χ4v) is 4.96. The summed E-state index contributed by atoms with van der Waals surface area (Å²) in [5.74, 6) is -0.449.